The highest BCUT2D eigenvalue weighted by Crippen LogP contribution is 2.55. The number of ether oxygens (including phenoxy) is 1. The third kappa shape index (κ3) is 5.65. The molecule has 8 nitrogen and oxygen atoms in total. The van der Waals surface area contributed by atoms with Crippen molar-refractivity contribution in [3.8, 4) is 0 Å². The molecule has 218 valence electrons. The lowest BCUT2D eigenvalue weighted by Crippen LogP contribution is -2.57. The Labute approximate surface area is 246 Å². The molecule has 1 spiro atoms. The van der Waals surface area contributed by atoms with E-state index in [0.717, 1.165) is 51.6 Å². The van der Waals surface area contributed by atoms with Gasteiger partial charge in [0, 0.05) is 34.9 Å². The van der Waals surface area contributed by atoms with Crippen LogP contribution in [0.2, 0.25) is 10.0 Å². The maximum absolute atomic E-state index is 14.2. The molecule has 5 atom stereocenters. The van der Waals surface area contributed by atoms with Crippen molar-refractivity contribution in [1.29, 1.82) is 0 Å². The summed E-state index contributed by atoms with van der Waals surface area (Å²) in [5.41, 5.74) is -0.721. The van der Waals surface area contributed by atoms with E-state index in [0.29, 0.717) is 28.8 Å². The Kier molecular flexibility index (Phi) is 9.10. The molecule has 1 aromatic carbocycles. The lowest BCUT2D eigenvalue weighted by atomic mass is 9.74. The fourth-order valence-electron chi connectivity index (χ4n) is 7.10. The van der Waals surface area contributed by atoms with E-state index < -0.39 is 29.6 Å². The first kappa shape index (κ1) is 29.4. The van der Waals surface area contributed by atoms with E-state index in [1.54, 1.807) is 23.1 Å². The van der Waals surface area contributed by atoms with Crippen LogP contribution in [0.3, 0.4) is 0 Å². The number of benzene rings is 1. The highest BCUT2D eigenvalue weighted by atomic mass is 35.5. The molecule has 0 radical (unpaired) electrons. The zero-order chi connectivity index (χ0) is 28.4. The fraction of sp³-hybridized carbons (Fsp3) is 0.633. The zero-order valence-corrected chi connectivity index (χ0v) is 24.8. The van der Waals surface area contributed by atoms with Crippen LogP contribution in [0.15, 0.2) is 30.4 Å². The monoisotopic (exact) mass is 590 g/mol. The van der Waals surface area contributed by atoms with E-state index in [1.165, 1.54) is 6.42 Å². The fourth-order valence-corrected chi connectivity index (χ4v) is 7.63. The van der Waals surface area contributed by atoms with Crippen molar-refractivity contribution in [2.75, 3.05) is 31.5 Å². The van der Waals surface area contributed by atoms with Gasteiger partial charge in [0.2, 0.25) is 17.7 Å². The van der Waals surface area contributed by atoms with Gasteiger partial charge in [-0.15, -0.1) is 0 Å². The maximum Gasteiger partial charge on any atom is 0.246 e. The van der Waals surface area contributed by atoms with Gasteiger partial charge in [-0.2, -0.15) is 0 Å². The second-order valence-corrected chi connectivity index (χ2v) is 12.4. The maximum atomic E-state index is 14.2. The van der Waals surface area contributed by atoms with Crippen LogP contribution in [0.25, 0.3) is 0 Å². The van der Waals surface area contributed by atoms with Crippen LogP contribution in [-0.4, -0.2) is 77.5 Å². The minimum atomic E-state index is -1.17. The lowest BCUT2D eigenvalue weighted by molar-refractivity contribution is -0.141. The predicted molar refractivity (Wildman–Crippen MR) is 156 cm³/mol. The Hall–Kier alpha value is -2.13. The second kappa shape index (κ2) is 12.4. The van der Waals surface area contributed by atoms with Crippen LogP contribution in [-0.2, 0) is 19.1 Å². The van der Waals surface area contributed by atoms with E-state index in [9.17, 15) is 14.4 Å². The second-order valence-electron chi connectivity index (χ2n) is 11.6. The lowest BCUT2D eigenvalue weighted by Gasteiger charge is -2.35. The van der Waals surface area contributed by atoms with Crippen molar-refractivity contribution in [2.45, 2.75) is 82.6 Å². The SMILES string of the molecule is CCCN(CCC)CCN1C(=O)[C@@H]2[C@@H](C(=O)Nc3cc(Cl)cc(Cl)c3)[C@@H]3C=C[C@@]2(O3)[C@H]1C(=O)NC1CCCCC1. The van der Waals surface area contributed by atoms with Crippen molar-refractivity contribution in [1.82, 2.24) is 15.1 Å². The molecule has 0 unspecified atom stereocenters. The van der Waals surface area contributed by atoms with Gasteiger partial charge < -0.3 is 25.2 Å². The van der Waals surface area contributed by atoms with Crippen LogP contribution < -0.4 is 10.6 Å². The van der Waals surface area contributed by atoms with Crippen molar-refractivity contribution in [2.24, 2.45) is 11.8 Å². The Morgan fingerprint density at radius 1 is 1.02 bits per heavy atom. The Morgan fingerprint density at radius 2 is 1.70 bits per heavy atom. The van der Waals surface area contributed by atoms with Gasteiger partial charge in [0.05, 0.1) is 17.9 Å². The van der Waals surface area contributed by atoms with Crippen molar-refractivity contribution < 1.29 is 19.1 Å². The van der Waals surface area contributed by atoms with Crippen LogP contribution >= 0.6 is 23.2 Å². The van der Waals surface area contributed by atoms with Gasteiger partial charge in [-0.1, -0.05) is 68.5 Å². The van der Waals surface area contributed by atoms with Gasteiger partial charge in [0.1, 0.15) is 11.6 Å². The molecule has 3 heterocycles. The van der Waals surface area contributed by atoms with E-state index in [-0.39, 0.29) is 23.8 Å². The molecule has 5 rings (SSSR count). The topological polar surface area (TPSA) is 91.0 Å². The number of nitrogens with zero attached hydrogens (tertiary/aromatic N) is 2. The van der Waals surface area contributed by atoms with Crippen molar-refractivity contribution >= 4 is 46.6 Å². The normalized spacial score (nSPS) is 29.3. The minimum absolute atomic E-state index is 0.0968. The number of nitrogens with one attached hydrogen (secondary N) is 2. The van der Waals surface area contributed by atoms with Crippen LogP contribution in [0.4, 0.5) is 5.69 Å². The average Bonchev–Trinajstić information content (AvgIpc) is 3.55. The quantitative estimate of drug-likeness (QED) is 0.366. The number of rotatable bonds is 11. The van der Waals surface area contributed by atoms with E-state index >= 15 is 0 Å². The molecule has 1 aromatic rings. The number of amides is 3. The third-order valence-corrected chi connectivity index (χ3v) is 9.18. The minimum Gasteiger partial charge on any atom is -0.359 e. The Morgan fingerprint density at radius 3 is 2.35 bits per heavy atom. The summed E-state index contributed by atoms with van der Waals surface area (Å²) in [5, 5.41) is 6.93. The van der Waals surface area contributed by atoms with Gasteiger partial charge in [-0.05, 0) is 57.0 Å². The highest BCUT2D eigenvalue weighted by molar-refractivity contribution is 6.35. The first-order chi connectivity index (χ1) is 19.3. The molecule has 2 N–H and O–H groups in total. The largest absolute Gasteiger partial charge is 0.359 e. The molecular weight excluding hydrogens is 551 g/mol. The number of hydrogen-bond donors (Lipinski definition) is 2. The predicted octanol–water partition coefficient (Wildman–Crippen LogP) is 4.65. The Bertz CT molecular complexity index is 1130. The van der Waals surface area contributed by atoms with Crippen LogP contribution in [0.5, 0.6) is 0 Å². The first-order valence-electron chi connectivity index (χ1n) is 14.7. The van der Waals surface area contributed by atoms with E-state index in [1.807, 2.05) is 12.2 Å². The van der Waals surface area contributed by atoms with Crippen LogP contribution in [0, 0.1) is 11.8 Å². The molecule has 3 fully saturated rings. The smallest absolute Gasteiger partial charge is 0.246 e. The zero-order valence-electron chi connectivity index (χ0n) is 23.3. The first-order valence-corrected chi connectivity index (χ1v) is 15.5. The molecule has 10 heteroatoms. The number of fused-ring (bicyclic) bond motifs is 1. The summed E-state index contributed by atoms with van der Waals surface area (Å²) in [6, 6.07) is 4.09. The van der Waals surface area contributed by atoms with Gasteiger partial charge >= 0.3 is 0 Å². The summed E-state index contributed by atoms with van der Waals surface area (Å²) in [5.74, 6) is -2.29. The van der Waals surface area contributed by atoms with Gasteiger partial charge in [-0.3, -0.25) is 14.4 Å². The molecule has 4 aliphatic rings. The molecule has 40 heavy (non-hydrogen) atoms. The van der Waals surface area contributed by atoms with Crippen LogP contribution in [0.1, 0.15) is 58.8 Å². The van der Waals surface area contributed by atoms with Gasteiger partial charge in [0.15, 0.2) is 0 Å². The molecule has 3 aliphatic heterocycles. The highest BCUT2D eigenvalue weighted by Gasteiger charge is 2.72. The number of carbonyl (C=O) groups excluding carboxylic acids is 3. The summed E-state index contributed by atoms with van der Waals surface area (Å²) < 4.78 is 6.47. The number of carbonyl (C=O) groups is 3. The summed E-state index contributed by atoms with van der Waals surface area (Å²) in [6.45, 7) is 7.20. The number of likely N-dealkylation sites (tertiary alicyclic amines) is 1. The molecule has 3 amide bonds. The molecule has 0 aromatic heterocycles. The number of halogens is 2. The van der Waals surface area contributed by atoms with E-state index in [2.05, 4.69) is 29.4 Å². The molecule has 1 saturated carbocycles. The summed E-state index contributed by atoms with van der Waals surface area (Å²) in [6.07, 6.45) is 10.4. The van der Waals surface area contributed by atoms with Crippen molar-refractivity contribution in [3.63, 3.8) is 0 Å². The van der Waals surface area contributed by atoms with Gasteiger partial charge in [-0.25, -0.2) is 0 Å². The summed E-state index contributed by atoms with van der Waals surface area (Å²) in [7, 11) is 0. The molecular formula is C30H40Cl2N4O4. The average molecular weight is 592 g/mol. The third-order valence-electron chi connectivity index (χ3n) is 8.74. The van der Waals surface area contributed by atoms with Crippen molar-refractivity contribution in [3.05, 3.63) is 40.4 Å². The summed E-state index contributed by atoms with van der Waals surface area (Å²) in [4.78, 5) is 45.8. The van der Waals surface area contributed by atoms with E-state index in [4.69, 9.17) is 27.9 Å². The summed E-state index contributed by atoms with van der Waals surface area (Å²) >= 11 is 12.3. The number of hydrogen-bond acceptors (Lipinski definition) is 5. The van der Waals surface area contributed by atoms with Gasteiger partial charge in [0.25, 0.3) is 0 Å². The Balaban J connectivity index is 1.42. The standard InChI is InChI=1S/C30H40Cl2N4O4/c1-3-12-35(13-4-2)14-15-36-26(28(38)33-21-8-6-5-7-9-21)30-11-10-23(40-30)24(25(30)29(36)39)27(37)34-22-17-19(31)16-20(32)18-22/h10-11,16-18,21,23-26H,3-9,12-15H2,1-2H3,(H,33,38)(H,34,37)/t23-,24-,25-,26+,30-/m0/s1. The molecule has 1 aliphatic carbocycles. The molecule has 2 saturated heterocycles. The molecule has 2 bridgehead atoms. The number of anilines is 1.